The molecule has 12 heteroatoms. The lowest BCUT2D eigenvalue weighted by Crippen LogP contribution is -2.29. The number of rotatable bonds is 25. The molecule has 10 saturated carbocycles. The standard InChI is InChI=1S/C22H32F2O.C22H26F2.C22H34.C20H28F2O2.C17H24F2O.C16H30/c1-3-4-15-5-7-16(8-6-15)17-9-11-18(12-10-17)19-13-14-20(25-2)22(24)21(19)23;1-3-4-16-6-8-17(9-7-16)18-10-12-19(13-11-18)20-14-5-15(2)21(23)22(20)24;1-3-4-18-7-11-20(12-8-18)22-15-13-21(14-16-22)19-9-5-17(2)6-10-19;1-13-3-5-14(6-4-13)15-7-9-16(10-8-15)24-18-12-11-17(23-2)19(21)20(18)22;1-3-4-13-6-8-14(9-7-13)11-20-15-10-5-12(2)16(18)17(15)19;1-3-4-14-7-11-16(12-8-14)15-9-5-13(2)6-10-15/h13-18H,3-12H2,1-2H3;5,10-14,16-17H,3-4,6-9H2,1-2H3;5-6,9-10,18,20-22H,3-4,7-8,11-16H2,1-2H3;11-16H,3-10H2,1-2H3;5,10,13-14H,3-4,6-9,11H2,1-2H3;13-16H,3-12H2,1-2H3. The Morgan fingerprint density at radius 1 is 0.260 bits per heavy atom. The fourth-order valence-electron chi connectivity index (χ4n) is 25.9. The fraction of sp³-hybridized carbons (Fsp3) is 0.697. The van der Waals surface area contributed by atoms with E-state index >= 15 is 0 Å². The molecule has 0 heterocycles. The van der Waals surface area contributed by atoms with Crippen LogP contribution in [0.3, 0.4) is 0 Å². The average Bonchev–Trinajstić information content (AvgIpc) is 0.877. The van der Waals surface area contributed by atoms with E-state index in [2.05, 4.69) is 91.8 Å². The van der Waals surface area contributed by atoms with Crippen molar-refractivity contribution in [1.29, 1.82) is 0 Å². The van der Waals surface area contributed by atoms with Crippen molar-refractivity contribution >= 4 is 0 Å². The van der Waals surface area contributed by atoms with Gasteiger partial charge in [-0.2, -0.15) is 17.6 Å². The van der Waals surface area contributed by atoms with Gasteiger partial charge in [0.25, 0.3) is 0 Å². The van der Waals surface area contributed by atoms with Gasteiger partial charge in [-0.05, 0) is 371 Å². The maximum atomic E-state index is 14.3. The number of aryl methyl sites for hydroxylation is 3. The lowest BCUT2D eigenvalue weighted by atomic mass is 9.68. The summed E-state index contributed by atoms with van der Waals surface area (Å²) >= 11 is 0. The lowest BCUT2D eigenvalue weighted by Gasteiger charge is -2.38. The Balaban J connectivity index is 0.000000153. The Labute approximate surface area is 790 Å². The van der Waals surface area contributed by atoms with Gasteiger partial charge in [-0.1, -0.05) is 268 Å². The van der Waals surface area contributed by atoms with Crippen molar-refractivity contribution in [3.8, 4) is 34.1 Å². The molecule has 0 amide bonds. The van der Waals surface area contributed by atoms with Crippen molar-refractivity contribution in [1.82, 2.24) is 0 Å². The third kappa shape index (κ3) is 31.5. The summed E-state index contributed by atoms with van der Waals surface area (Å²) in [5.41, 5.74) is 6.61. The van der Waals surface area contributed by atoms with Crippen molar-refractivity contribution in [2.24, 2.45) is 94.7 Å². The lowest BCUT2D eigenvalue weighted by molar-refractivity contribution is 0.0901. The maximum Gasteiger partial charge on any atom is 0.204 e. The second-order valence-electron chi connectivity index (χ2n) is 43.6. The zero-order chi connectivity index (χ0) is 93.3. The third-order valence-corrected chi connectivity index (χ3v) is 34.5. The summed E-state index contributed by atoms with van der Waals surface area (Å²) in [6.07, 6.45) is 67.3. The van der Waals surface area contributed by atoms with E-state index in [-0.39, 0.29) is 35.0 Å². The summed E-state index contributed by atoms with van der Waals surface area (Å²) in [5, 5.41) is 0. The molecule has 16 rings (SSSR count). The van der Waals surface area contributed by atoms with Crippen LogP contribution in [0.1, 0.15) is 421 Å². The molecule has 0 bridgehead atoms. The van der Waals surface area contributed by atoms with Crippen LogP contribution in [0.5, 0.6) is 23.0 Å². The number of methoxy groups -OCH3 is 2. The molecule has 6 aromatic carbocycles. The van der Waals surface area contributed by atoms with Crippen LogP contribution < -0.4 is 18.9 Å². The van der Waals surface area contributed by atoms with Gasteiger partial charge in [-0.25, -0.2) is 17.6 Å². The molecule has 0 spiro atoms. The number of hydrogen-bond acceptors (Lipinski definition) is 4. The van der Waals surface area contributed by atoms with Crippen LogP contribution in [0, 0.1) is 162 Å². The van der Waals surface area contributed by atoms with E-state index in [0.717, 1.165) is 152 Å². The Morgan fingerprint density at radius 2 is 0.550 bits per heavy atom. The van der Waals surface area contributed by atoms with Gasteiger partial charge in [-0.15, -0.1) is 0 Å². The molecular formula is C119H174F8O4. The summed E-state index contributed by atoms with van der Waals surface area (Å²) in [6, 6.07) is 29.9. The summed E-state index contributed by atoms with van der Waals surface area (Å²) in [4.78, 5) is 0. The molecule has 0 radical (unpaired) electrons. The highest BCUT2D eigenvalue weighted by Crippen LogP contribution is 2.50. The molecule has 10 aliphatic carbocycles. The van der Waals surface area contributed by atoms with Crippen molar-refractivity contribution in [3.05, 3.63) is 177 Å². The molecule has 10 fully saturated rings. The monoisotopic (exact) mass is 1820 g/mol. The smallest absolute Gasteiger partial charge is 0.204 e. The molecule has 0 N–H and O–H groups in total. The molecule has 0 saturated heterocycles. The molecule has 10 aliphatic rings. The van der Waals surface area contributed by atoms with E-state index in [4.69, 9.17) is 18.9 Å². The highest BCUT2D eigenvalue weighted by Gasteiger charge is 2.38. The Hall–Kier alpha value is -6.04. The van der Waals surface area contributed by atoms with Crippen LogP contribution in [-0.4, -0.2) is 26.9 Å². The normalized spacial score (nSPS) is 29.3. The predicted octanol–water partition coefficient (Wildman–Crippen LogP) is 37.2. The molecular weight excluding hydrogens is 1650 g/mol. The van der Waals surface area contributed by atoms with E-state index in [0.29, 0.717) is 40.7 Å². The quantitative estimate of drug-likeness (QED) is 0.0535. The van der Waals surface area contributed by atoms with Gasteiger partial charge in [0.2, 0.25) is 23.3 Å². The predicted molar refractivity (Wildman–Crippen MR) is 529 cm³/mol. The average molecular weight is 1820 g/mol. The Morgan fingerprint density at radius 3 is 0.954 bits per heavy atom. The van der Waals surface area contributed by atoms with Gasteiger partial charge in [0.15, 0.2) is 46.3 Å². The first kappa shape index (κ1) is 105. The third-order valence-electron chi connectivity index (χ3n) is 34.5. The first-order valence-electron chi connectivity index (χ1n) is 53.9. The zero-order valence-electron chi connectivity index (χ0n) is 83.5. The van der Waals surface area contributed by atoms with Gasteiger partial charge in [-0.3, -0.25) is 0 Å². The SMILES string of the molecule is CCCC1CCC(C2CCC(C)CC2)CC1.CCCC1CCC(C2CCC(c3ccc(C)cc3)CC2)CC1.CCCC1CCC(C2CCC(c3ccc(OC)c(F)c3F)CC2)CC1.CCCC1CCC(COc2ccc(C)c(F)c2F)CC1.CCCC1CCC(c2ccc(-c3ccc(C)c(F)c3F)cc2)CC1.COc1ccc(OC2CCC(C3CCC(C)CC3)CC2)c(F)c1F. The minimum Gasteiger partial charge on any atom is -0.494 e. The van der Waals surface area contributed by atoms with Gasteiger partial charge in [0.05, 0.1) is 26.9 Å². The Bertz CT molecular complexity index is 4200. The van der Waals surface area contributed by atoms with Gasteiger partial charge in [0, 0.05) is 5.56 Å². The van der Waals surface area contributed by atoms with Crippen LogP contribution in [0.4, 0.5) is 35.1 Å². The minimum absolute atomic E-state index is 0.00113. The first-order valence-corrected chi connectivity index (χ1v) is 53.9. The summed E-state index contributed by atoms with van der Waals surface area (Å²) < 4.78 is 132. The van der Waals surface area contributed by atoms with Crippen LogP contribution in [0.15, 0.2) is 97.1 Å². The van der Waals surface area contributed by atoms with Crippen LogP contribution in [0.2, 0.25) is 0 Å². The van der Waals surface area contributed by atoms with E-state index in [1.807, 2.05) is 12.1 Å². The molecule has 0 unspecified atom stereocenters. The molecule has 730 valence electrons. The summed E-state index contributed by atoms with van der Waals surface area (Å²) in [6.45, 7) is 22.1. The highest BCUT2D eigenvalue weighted by molar-refractivity contribution is 5.65. The number of ether oxygens (including phenoxy) is 4. The van der Waals surface area contributed by atoms with E-state index in [1.54, 1.807) is 88.3 Å². The maximum absolute atomic E-state index is 14.3. The summed E-state index contributed by atoms with van der Waals surface area (Å²) in [7, 11) is 2.70. The highest BCUT2D eigenvalue weighted by atomic mass is 19.2. The molecule has 6 aromatic rings. The Kier molecular flexibility index (Phi) is 44.1. The first-order chi connectivity index (χ1) is 63.5. The van der Waals surface area contributed by atoms with Crippen molar-refractivity contribution in [3.63, 3.8) is 0 Å². The number of hydrogen-bond donors (Lipinski definition) is 0. The van der Waals surface area contributed by atoms with Crippen molar-refractivity contribution in [2.45, 2.75) is 414 Å². The molecule has 0 atom stereocenters. The van der Waals surface area contributed by atoms with Gasteiger partial charge in [0.1, 0.15) is 0 Å². The fourth-order valence-corrected chi connectivity index (χ4v) is 25.9. The molecule has 0 aromatic heterocycles. The van der Waals surface area contributed by atoms with E-state index < -0.39 is 46.5 Å². The molecule has 131 heavy (non-hydrogen) atoms. The van der Waals surface area contributed by atoms with Crippen LogP contribution in [0.25, 0.3) is 11.1 Å². The molecule has 0 aliphatic heterocycles. The van der Waals surface area contributed by atoms with Crippen LogP contribution >= 0.6 is 0 Å². The number of halogens is 8. The second-order valence-corrected chi connectivity index (χ2v) is 43.6. The van der Waals surface area contributed by atoms with E-state index in [9.17, 15) is 35.1 Å². The second kappa shape index (κ2) is 54.8. The zero-order valence-corrected chi connectivity index (χ0v) is 83.5. The van der Waals surface area contributed by atoms with Gasteiger partial charge < -0.3 is 18.9 Å². The molecule has 4 nitrogen and oxygen atoms in total. The topological polar surface area (TPSA) is 36.9 Å². The van der Waals surface area contributed by atoms with Crippen molar-refractivity contribution < 1.29 is 54.1 Å². The van der Waals surface area contributed by atoms with Crippen molar-refractivity contribution in [2.75, 3.05) is 20.8 Å². The number of benzene rings is 6. The van der Waals surface area contributed by atoms with E-state index in [1.165, 1.54) is 275 Å². The minimum atomic E-state index is -0.972. The van der Waals surface area contributed by atoms with Gasteiger partial charge >= 0.3 is 0 Å². The largest absolute Gasteiger partial charge is 0.494 e. The summed E-state index contributed by atoms with van der Waals surface area (Å²) in [5.74, 6) is 9.84. The van der Waals surface area contributed by atoms with Crippen LogP contribution in [-0.2, 0) is 0 Å².